The van der Waals surface area contributed by atoms with Gasteiger partial charge in [-0.3, -0.25) is 0 Å². The van der Waals surface area contributed by atoms with Gasteiger partial charge >= 0.3 is 6.18 Å². The molecule has 0 fully saturated rings. The number of nitrogens with zero attached hydrogens (tertiary/aromatic N) is 2. The van der Waals surface area contributed by atoms with Gasteiger partial charge in [-0.2, -0.15) is 13.2 Å². The number of rotatable bonds is 6. The monoisotopic (exact) mass is 366 g/mol. The molecular formula is C19H21F3N2O2. The minimum Gasteiger partial charge on any atom is -0.496 e. The Balaban J connectivity index is 2.58. The molecule has 4 nitrogen and oxygen atoms in total. The summed E-state index contributed by atoms with van der Waals surface area (Å²) in [5.41, 5.74) is -3.44. The van der Waals surface area contributed by atoms with Crippen molar-refractivity contribution < 1.29 is 23.0 Å². The lowest BCUT2D eigenvalue weighted by molar-refractivity contribution is -0.248. The Labute approximate surface area is 150 Å². The highest BCUT2D eigenvalue weighted by Gasteiger charge is 2.57. The Morgan fingerprint density at radius 1 is 1.15 bits per heavy atom. The predicted octanol–water partition coefficient (Wildman–Crippen LogP) is 4.10. The average molecular weight is 366 g/mol. The first-order valence-electron chi connectivity index (χ1n) is 8.01. The summed E-state index contributed by atoms with van der Waals surface area (Å²) in [6, 6.07) is 10.9. The minimum absolute atomic E-state index is 0.0949. The van der Waals surface area contributed by atoms with E-state index >= 15 is 0 Å². The molecule has 2 rings (SSSR count). The van der Waals surface area contributed by atoms with Crippen molar-refractivity contribution in [3.63, 3.8) is 0 Å². The van der Waals surface area contributed by atoms with Gasteiger partial charge in [0, 0.05) is 25.2 Å². The Morgan fingerprint density at radius 2 is 1.81 bits per heavy atom. The van der Waals surface area contributed by atoms with Gasteiger partial charge in [-0.25, -0.2) is 4.99 Å². The summed E-state index contributed by atoms with van der Waals surface area (Å²) in [6.45, 7) is 2.68. The molecule has 0 spiro atoms. The molecule has 0 saturated carbocycles. The summed E-state index contributed by atoms with van der Waals surface area (Å²) >= 11 is 0. The second kappa shape index (κ2) is 7.78. The third-order valence-electron chi connectivity index (χ3n) is 4.08. The van der Waals surface area contributed by atoms with Crippen molar-refractivity contribution in [2.24, 2.45) is 4.99 Å². The molecule has 0 aliphatic carbocycles. The number of halogens is 3. The summed E-state index contributed by atoms with van der Waals surface area (Å²) in [5, 5.41) is 10.7. The Hall–Kier alpha value is -2.54. The van der Waals surface area contributed by atoms with Gasteiger partial charge in [-0.05, 0) is 24.6 Å². The fourth-order valence-electron chi connectivity index (χ4n) is 2.46. The van der Waals surface area contributed by atoms with Crippen molar-refractivity contribution in [3.05, 3.63) is 59.7 Å². The van der Waals surface area contributed by atoms with Crippen LogP contribution >= 0.6 is 0 Å². The van der Waals surface area contributed by atoms with E-state index in [0.29, 0.717) is 5.69 Å². The number of methoxy groups -OCH3 is 1. The number of aliphatic imine (C=N–C) groups is 1. The molecule has 0 amide bonds. The van der Waals surface area contributed by atoms with Crippen LogP contribution in [0, 0.1) is 0 Å². The minimum atomic E-state index is -4.94. The molecule has 0 aliphatic heterocycles. The molecule has 2 aromatic carbocycles. The number of ether oxygens (including phenoxy) is 1. The maximum Gasteiger partial charge on any atom is 0.425 e. The first-order valence-corrected chi connectivity index (χ1v) is 8.01. The highest BCUT2D eigenvalue weighted by molar-refractivity contribution is 5.63. The standard InChI is InChI=1S/C19H21F3N2O2/c1-4-24(2)13-23-15-10-11-16(17(12-15)26-3)18(25,19(20,21)22)14-8-6-5-7-9-14/h5-13,25H,4H2,1-3H3/b23-13+. The maximum absolute atomic E-state index is 13.9. The topological polar surface area (TPSA) is 45.1 Å². The summed E-state index contributed by atoms with van der Waals surface area (Å²) in [7, 11) is 3.08. The Bertz CT molecular complexity index is 763. The fourth-order valence-corrected chi connectivity index (χ4v) is 2.46. The van der Waals surface area contributed by atoms with E-state index in [1.807, 2.05) is 18.9 Å². The van der Waals surface area contributed by atoms with Gasteiger partial charge in [-0.1, -0.05) is 30.3 Å². The number of hydrogen-bond donors (Lipinski definition) is 1. The normalized spacial score (nSPS) is 14.3. The van der Waals surface area contributed by atoms with Gasteiger partial charge in [0.25, 0.3) is 0 Å². The lowest BCUT2D eigenvalue weighted by Gasteiger charge is -2.32. The molecule has 0 aromatic heterocycles. The summed E-state index contributed by atoms with van der Waals surface area (Å²) in [5.74, 6) is -0.0949. The third kappa shape index (κ3) is 3.83. The molecule has 0 saturated heterocycles. The highest BCUT2D eigenvalue weighted by atomic mass is 19.4. The quantitative estimate of drug-likeness (QED) is 0.618. The van der Waals surface area contributed by atoms with E-state index in [-0.39, 0.29) is 16.9 Å². The lowest BCUT2D eigenvalue weighted by atomic mass is 9.85. The molecule has 1 N–H and O–H groups in total. The van der Waals surface area contributed by atoms with Crippen LogP contribution in [-0.2, 0) is 5.60 Å². The second-order valence-corrected chi connectivity index (χ2v) is 5.78. The molecule has 0 radical (unpaired) electrons. The van der Waals surface area contributed by atoms with Crippen molar-refractivity contribution >= 4 is 12.0 Å². The number of hydrogen-bond acceptors (Lipinski definition) is 3. The second-order valence-electron chi connectivity index (χ2n) is 5.78. The third-order valence-corrected chi connectivity index (χ3v) is 4.08. The Kier molecular flexibility index (Phi) is 5.92. The van der Waals surface area contributed by atoms with Crippen molar-refractivity contribution in [2.75, 3.05) is 20.7 Å². The molecule has 1 atom stereocenters. The van der Waals surface area contributed by atoms with Crippen molar-refractivity contribution in [1.29, 1.82) is 0 Å². The predicted molar refractivity (Wildman–Crippen MR) is 94.9 cm³/mol. The molecular weight excluding hydrogens is 345 g/mol. The van der Waals surface area contributed by atoms with Crippen LogP contribution in [0.4, 0.5) is 18.9 Å². The number of alkyl halides is 3. The van der Waals surface area contributed by atoms with E-state index in [9.17, 15) is 18.3 Å². The molecule has 2 aromatic rings. The summed E-state index contributed by atoms with van der Waals surface area (Å²) in [6.07, 6.45) is -3.36. The van der Waals surface area contributed by atoms with Crippen molar-refractivity contribution in [2.45, 2.75) is 18.7 Å². The van der Waals surface area contributed by atoms with Crippen LogP contribution in [0.3, 0.4) is 0 Å². The van der Waals surface area contributed by atoms with Crippen molar-refractivity contribution in [3.8, 4) is 5.75 Å². The SMILES string of the molecule is CCN(C)/C=N/c1ccc(C(O)(c2ccccc2)C(F)(F)F)c(OC)c1. The Morgan fingerprint density at radius 3 is 2.35 bits per heavy atom. The number of aliphatic hydroxyl groups is 1. The van der Waals surface area contributed by atoms with Crippen LogP contribution in [-0.4, -0.2) is 43.2 Å². The molecule has 26 heavy (non-hydrogen) atoms. The van der Waals surface area contributed by atoms with E-state index in [1.54, 1.807) is 12.4 Å². The smallest absolute Gasteiger partial charge is 0.425 e. The van der Waals surface area contributed by atoms with E-state index in [4.69, 9.17) is 4.74 Å². The van der Waals surface area contributed by atoms with Crippen molar-refractivity contribution in [1.82, 2.24) is 4.90 Å². The van der Waals surface area contributed by atoms with Gasteiger partial charge in [0.2, 0.25) is 5.60 Å². The molecule has 1 unspecified atom stereocenters. The average Bonchev–Trinajstić information content (AvgIpc) is 2.64. The molecule has 0 aliphatic rings. The van der Waals surface area contributed by atoms with Crippen LogP contribution < -0.4 is 4.74 Å². The van der Waals surface area contributed by atoms with Crippen LogP contribution in [0.25, 0.3) is 0 Å². The summed E-state index contributed by atoms with van der Waals surface area (Å²) in [4.78, 5) is 6.02. The van der Waals surface area contributed by atoms with Gasteiger partial charge in [0.05, 0.1) is 19.1 Å². The van der Waals surface area contributed by atoms with Gasteiger partial charge < -0.3 is 14.7 Å². The molecule has 0 bridgehead atoms. The number of benzene rings is 2. The highest BCUT2D eigenvalue weighted by Crippen LogP contribution is 2.47. The fraction of sp³-hybridized carbons (Fsp3) is 0.316. The zero-order chi connectivity index (χ0) is 19.4. The first kappa shape index (κ1) is 19.8. The van der Waals surface area contributed by atoms with Crippen LogP contribution in [0.5, 0.6) is 5.75 Å². The van der Waals surface area contributed by atoms with E-state index in [2.05, 4.69) is 4.99 Å². The zero-order valence-electron chi connectivity index (χ0n) is 14.8. The van der Waals surface area contributed by atoms with E-state index in [0.717, 1.165) is 6.54 Å². The molecule has 0 heterocycles. The summed E-state index contributed by atoms with van der Waals surface area (Å²) < 4.78 is 46.7. The lowest BCUT2D eigenvalue weighted by Crippen LogP contribution is -2.43. The van der Waals surface area contributed by atoms with E-state index in [1.165, 1.54) is 49.6 Å². The zero-order valence-corrected chi connectivity index (χ0v) is 14.8. The van der Waals surface area contributed by atoms with Crippen LogP contribution in [0.1, 0.15) is 18.1 Å². The first-order chi connectivity index (χ1) is 12.2. The van der Waals surface area contributed by atoms with Crippen LogP contribution in [0.2, 0.25) is 0 Å². The van der Waals surface area contributed by atoms with Crippen LogP contribution in [0.15, 0.2) is 53.5 Å². The largest absolute Gasteiger partial charge is 0.496 e. The molecule has 140 valence electrons. The molecule has 7 heteroatoms. The van der Waals surface area contributed by atoms with Gasteiger partial charge in [0.15, 0.2) is 0 Å². The van der Waals surface area contributed by atoms with Gasteiger partial charge in [-0.15, -0.1) is 0 Å². The van der Waals surface area contributed by atoms with Gasteiger partial charge in [0.1, 0.15) is 5.75 Å². The maximum atomic E-state index is 13.9. The van der Waals surface area contributed by atoms with E-state index < -0.39 is 11.8 Å².